The fourth-order valence-electron chi connectivity index (χ4n) is 3.05. The van der Waals surface area contributed by atoms with E-state index < -0.39 is 0 Å². The topological polar surface area (TPSA) is 75.4 Å². The summed E-state index contributed by atoms with van der Waals surface area (Å²) in [5.41, 5.74) is 6.59. The van der Waals surface area contributed by atoms with Crippen LogP contribution in [0.15, 0.2) is 30.3 Å². The minimum Gasteiger partial charge on any atom is -0.355 e. The summed E-state index contributed by atoms with van der Waals surface area (Å²) in [5, 5.41) is 2.83. The number of likely N-dealkylation sites (tertiary alicyclic amines) is 1. The van der Waals surface area contributed by atoms with Gasteiger partial charge in [0.15, 0.2) is 0 Å². The number of nitrogens with one attached hydrogen (secondary N) is 1. The van der Waals surface area contributed by atoms with Crippen molar-refractivity contribution < 1.29 is 9.59 Å². The van der Waals surface area contributed by atoms with Crippen molar-refractivity contribution in [3.8, 4) is 0 Å². The zero-order valence-corrected chi connectivity index (χ0v) is 15.1. The minimum absolute atomic E-state index is 0. The van der Waals surface area contributed by atoms with Gasteiger partial charge < -0.3 is 16.0 Å². The van der Waals surface area contributed by atoms with Gasteiger partial charge in [0.25, 0.3) is 0 Å². The summed E-state index contributed by atoms with van der Waals surface area (Å²) >= 11 is 0. The summed E-state index contributed by atoms with van der Waals surface area (Å²) in [5.74, 6) is 0.239. The van der Waals surface area contributed by atoms with Crippen LogP contribution in [-0.4, -0.2) is 42.9 Å². The average molecular weight is 354 g/mol. The van der Waals surface area contributed by atoms with Gasteiger partial charge in [-0.1, -0.05) is 37.3 Å². The second-order valence-electron chi connectivity index (χ2n) is 6.27. The summed E-state index contributed by atoms with van der Waals surface area (Å²) in [6.45, 7) is 4.28. The molecule has 1 aliphatic rings. The van der Waals surface area contributed by atoms with Crippen LogP contribution in [0.5, 0.6) is 0 Å². The first-order chi connectivity index (χ1) is 11.1. The Kier molecular flexibility index (Phi) is 8.79. The Balaban J connectivity index is 0.00000288. The molecule has 134 valence electrons. The van der Waals surface area contributed by atoms with E-state index in [2.05, 4.69) is 24.4 Å². The van der Waals surface area contributed by atoms with Crippen LogP contribution < -0.4 is 11.1 Å². The molecule has 0 aliphatic carbocycles. The van der Waals surface area contributed by atoms with Crippen molar-refractivity contribution in [3.63, 3.8) is 0 Å². The van der Waals surface area contributed by atoms with Crippen molar-refractivity contribution in [2.45, 2.75) is 32.1 Å². The van der Waals surface area contributed by atoms with Gasteiger partial charge in [-0.05, 0) is 24.3 Å². The Morgan fingerprint density at radius 3 is 2.71 bits per heavy atom. The molecule has 0 spiro atoms. The first kappa shape index (κ1) is 20.5. The van der Waals surface area contributed by atoms with Gasteiger partial charge in [-0.15, -0.1) is 12.4 Å². The third-order valence-corrected chi connectivity index (χ3v) is 4.44. The third kappa shape index (κ3) is 5.80. The summed E-state index contributed by atoms with van der Waals surface area (Å²) in [7, 11) is 0. The van der Waals surface area contributed by atoms with Crippen LogP contribution in [-0.2, 0) is 9.59 Å². The zero-order valence-electron chi connectivity index (χ0n) is 14.2. The van der Waals surface area contributed by atoms with Gasteiger partial charge in [0.1, 0.15) is 0 Å². The Hall–Kier alpha value is -1.59. The van der Waals surface area contributed by atoms with Crippen LogP contribution >= 0.6 is 12.4 Å². The van der Waals surface area contributed by atoms with Crippen LogP contribution in [0, 0.1) is 5.92 Å². The standard InChI is InChI=1S/C18H27N3O2.ClH/c1-14(15-6-3-2-4-7-15)12-17(22)21-11-5-8-16(13-21)18(23)20-10-9-19;/h2-4,6-7,14,16H,5,8-13,19H2,1H3,(H,20,23);1H. The minimum atomic E-state index is -0.105. The van der Waals surface area contributed by atoms with Gasteiger partial charge in [0.2, 0.25) is 11.8 Å². The smallest absolute Gasteiger partial charge is 0.224 e. The van der Waals surface area contributed by atoms with Crippen LogP contribution in [0.25, 0.3) is 0 Å². The normalized spacial score (nSPS) is 18.4. The van der Waals surface area contributed by atoms with Gasteiger partial charge in [0.05, 0.1) is 5.92 Å². The van der Waals surface area contributed by atoms with E-state index in [1.54, 1.807) is 0 Å². The van der Waals surface area contributed by atoms with Crippen molar-refractivity contribution in [2.75, 3.05) is 26.2 Å². The fourth-order valence-corrected chi connectivity index (χ4v) is 3.05. The van der Waals surface area contributed by atoms with Crippen molar-refractivity contribution in [1.29, 1.82) is 0 Å². The number of nitrogens with two attached hydrogens (primary N) is 1. The number of halogens is 1. The second kappa shape index (κ2) is 10.3. The number of hydrogen-bond donors (Lipinski definition) is 2. The Labute approximate surface area is 150 Å². The number of piperidine rings is 1. The van der Waals surface area contributed by atoms with E-state index in [0.29, 0.717) is 26.1 Å². The molecule has 5 nitrogen and oxygen atoms in total. The highest BCUT2D eigenvalue weighted by Crippen LogP contribution is 2.22. The first-order valence-corrected chi connectivity index (χ1v) is 8.42. The summed E-state index contributed by atoms with van der Waals surface area (Å²) in [6.07, 6.45) is 2.21. The van der Waals surface area contributed by atoms with E-state index in [1.165, 1.54) is 5.56 Å². The molecule has 0 radical (unpaired) electrons. The predicted octanol–water partition coefficient (Wildman–Crippen LogP) is 1.92. The lowest BCUT2D eigenvalue weighted by molar-refractivity contribution is -0.136. The van der Waals surface area contributed by atoms with Crippen LogP contribution in [0.3, 0.4) is 0 Å². The molecule has 2 rings (SSSR count). The van der Waals surface area contributed by atoms with Gasteiger partial charge in [-0.2, -0.15) is 0 Å². The molecule has 1 saturated heterocycles. The molecule has 1 aliphatic heterocycles. The lowest BCUT2D eigenvalue weighted by atomic mass is 9.94. The molecule has 0 saturated carbocycles. The molecule has 3 N–H and O–H groups in total. The lowest BCUT2D eigenvalue weighted by Crippen LogP contribution is -2.46. The van der Waals surface area contributed by atoms with Gasteiger partial charge >= 0.3 is 0 Å². The molecule has 0 aromatic heterocycles. The Morgan fingerprint density at radius 1 is 1.33 bits per heavy atom. The second-order valence-corrected chi connectivity index (χ2v) is 6.27. The molecule has 1 heterocycles. The fraction of sp³-hybridized carbons (Fsp3) is 0.556. The van der Waals surface area contributed by atoms with Gasteiger partial charge in [-0.25, -0.2) is 0 Å². The molecule has 6 heteroatoms. The molecule has 2 amide bonds. The number of rotatable bonds is 6. The van der Waals surface area contributed by atoms with Crippen LogP contribution in [0.2, 0.25) is 0 Å². The number of amides is 2. The number of carbonyl (C=O) groups excluding carboxylic acids is 2. The van der Waals surface area contributed by atoms with Crippen molar-refractivity contribution in [1.82, 2.24) is 10.2 Å². The predicted molar refractivity (Wildman–Crippen MR) is 98.1 cm³/mol. The highest BCUT2D eigenvalue weighted by molar-refractivity contribution is 5.85. The molecule has 1 aromatic rings. The molecule has 1 fully saturated rings. The third-order valence-electron chi connectivity index (χ3n) is 4.44. The number of hydrogen-bond acceptors (Lipinski definition) is 3. The molecule has 2 unspecified atom stereocenters. The molecular formula is C18H28ClN3O2. The highest BCUT2D eigenvalue weighted by atomic mass is 35.5. The van der Waals surface area contributed by atoms with E-state index in [9.17, 15) is 9.59 Å². The molecule has 2 atom stereocenters. The van der Waals surface area contributed by atoms with Crippen molar-refractivity contribution in [2.24, 2.45) is 11.7 Å². The maximum atomic E-state index is 12.5. The van der Waals surface area contributed by atoms with E-state index in [0.717, 1.165) is 19.4 Å². The first-order valence-electron chi connectivity index (χ1n) is 8.42. The quantitative estimate of drug-likeness (QED) is 0.820. The highest BCUT2D eigenvalue weighted by Gasteiger charge is 2.28. The summed E-state index contributed by atoms with van der Waals surface area (Å²) in [4.78, 5) is 26.4. The molecule has 0 bridgehead atoms. The molecule has 24 heavy (non-hydrogen) atoms. The van der Waals surface area contributed by atoms with Crippen molar-refractivity contribution >= 4 is 24.2 Å². The largest absolute Gasteiger partial charge is 0.355 e. The van der Waals surface area contributed by atoms with Crippen molar-refractivity contribution in [3.05, 3.63) is 35.9 Å². The molecular weight excluding hydrogens is 326 g/mol. The summed E-state index contributed by atoms with van der Waals surface area (Å²) < 4.78 is 0. The van der Waals surface area contributed by atoms with E-state index in [4.69, 9.17) is 5.73 Å². The monoisotopic (exact) mass is 353 g/mol. The maximum absolute atomic E-state index is 12.5. The molecule has 1 aromatic carbocycles. The number of benzene rings is 1. The lowest BCUT2D eigenvalue weighted by Gasteiger charge is -2.32. The van der Waals surface area contributed by atoms with Crippen LogP contribution in [0.4, 0.5) is 0 Å². The SMILES string of the molecule is CC(CC(=O)N1CCCC(C(=O)NCCN)C1)c1ccccc1.Cl. The number of nitrogens with zero attached hydrogens (tertiary/aromatic N) is 1. The Morgan fingerprint density at radius 2 is 2.04 bits per heavy atom. The maximum Gasteiger partial charge on any atom is 0.224 e. The average Bonchev–Trinajstić information content (AvgIpc) is 2.60. The number of carbonyl (C=O) groups is 2. The van der Waals surface area contributed by atoms with Gasteiger partial charge in [-0.3, -0.25) is 9.59 Å². The van der Waals surface area contributed by atoms with Crippen LogP contribution in [0.1, 0.15) is 37.7 Å². The van der Waals surface area contributed by atoms with E-state index in [-0.39, 0.29) is 36.1 Å². The van der Waals surface area contributed by atoms with E-state index >= 15 is 0 Å². The summed E-state index contributed by atoms with van der Waals surface area (Å²) in [6, 6.07) is 10.1. The Bertz CT molecular complexity index is 524. The zero-order chi connectivity index (χ0) is 16.7. The van der Waals surface area contributed by atoms with E-state index in [1.807, 2.05) is 23.1 Å². The van der Waals surface area contributed by atoms with Gasteiger partial charge in [0, 0.05) is 32.6 Å².